The lowest BCUT2D eigenvalue weighted by Gasteiger charge is -2.22. The summed E-state index contributed by atoms with van der Waals surface area (Å²) >= 11 is 0. The summed E-state index contributed by atoms with van der Waals surface area (Å²) < 4.78 is 1.97. The second-order valence-corrected chi connectivity index (χ2v) is 5.63. The predicted molar refractivity (Wildman–Crippen MR) is 79.3 cm³/mol. The van der Waals surface area contributed by atoms with Gasteiger partial charge in [-0.15, -0.1) is 0 Å². The first-order valence-corrected chi connectivity index (χ1v) is 7.35. The Morgan fingerprint density at radius 2 is 2.14 bits per heavy atom. The Labute approximate surface area is 123 Å². The lowest BCUT2D eigenvalue weighted by Crippen LogP contribution is -2.45. The number of nitriles is 1. The molecule has 0 aliphatic heterocycles. The van der Waals surface area contributed by atoms with E-state index < -0.39 is 5.54 Å². The van der Waals surface area contributed by atoms with Gasteiger partial charge in [0.05, 0.1) is 23.4 Å². The van der Waals surface area contributed by atoms with Gasteiger partial charge in [0.1, 0.15) is 5.54 Å². The number of benzene rings is 1. The molecular weight excluding hydrogens is 264 g/mol. The SMILES string of the molecule is N#CC1(NC(=O)CCn2cnc3ccccc32)CCCC1. The zero-order valence-corrected chi connectivity index (χ0v) is 11.9. The summed E-state index contributed by atoms with van der Waals surface area (Å²) in [6.45, 7) is 0.577. The minimum absolute atomic E-state index is 0.0590. The van der Waals surface area contributed by atoms with Crippen molar-refractivity contribution in [3.8, 4) is 6.07 Å². The fourth-order valence-electron chi connectivity index (χ4n) is 2.98. The van der Waals surface area contributed by atoms with Crippen LogP contribution in [0.15, 0.2) is 30.6 Å². The van der Waals surface area contributed by atoms with Crippen LogP contribution in [-0.2, 0) is 11.3 Å². The average molecular weight is 282 g/mol. The third kappa shape index (κ3) is 2.75. The van der Waals surface area contributed by atoms with Gasteiger partial charge in [-0.05, 0) is 37.8 Å². The molecule has 1 aromatic heterocycles. The molecule has 5 nitrogen and oxygen atoms in total. The summed E-state index contributed by atoms with van der Waals surface area (Å²) in [5, 5.41) is 12.2. The Kier molecular flexibility index (Phi) is 3.61. The molecule has 0 saturated heterocycles. The average Bonchev–Trinajstić information content (AvgIpc) is 3.12. The fraction of sp³-hybridized carbons (Fsp3) is 0.438. The highest BCUT2D eigenvalue weighted by Gasteiger charge is 2.35. The highest BCUT2D eigenvalue weighted by Crippen LogP contribution is 2.28. The normalized spacial score (nSPS) is 16.7. The fourth-order valence-corrected chi connectivity index (χ4v) is 2.98. The van der Waals surface area contributed by atoms with Gasteiger partial charge in [0.2, 0.25) is 5.91 Å². The van der Waals surface area contributed by atoms with Crippen LogP contribution in [0.1, 0.15) is 32.1 Å². The Morgan fingerprint density at radius 1 is 1.38 bits per heavy atom. The summed E-state index contributed by atoms with van der Waals surface area (Å²) in [5.41, 5.74) is 1.33. The van der Waals surface area contributed by atoms with Crippen molar-refractivity contribution in [1.29, 1.82) is 5.26 Å². The highest BCUT2D eigenvalue weighted by atomic mass is 16.1. The van der Waals surface area contributed by atoms with Gasteiger partial charge in [-0.25, -0.2) is 4.98 Å². The van der Waals surface area contributed by atoms with E-state index in [4.69, 9.17) is 0 Å². The van der Waals surface area contributed by atoms with E-state index in [0.717, 1.165) is 36.7 Å². The van der Waals surface area contributed by atoms with E-state index in [0.29, 0.717) is 13.0 Å². The Hall–Kier alpha value is -2.35. The molecule has 1 saturated carbocycles. The summed E-state index contributed by atoms with van der Waals surface area (Å²) in [4.78, 5) is 16.4. The van der Waals surface area contributed by atoms with Crippen LogP contribution in [0, 0.1) is 11.3 Å². The number of carbonyl (C=O) groups is 1. The minimum atomic E-state index is -0.631. The first-order valence-electron chi connectivity index (χ1n) is 7.35. The van der Waals surface area contributed by atoms with Crippen LogP contribution in [-0.4, -0.2) is 21.0 Å². The number of aryl methyl sites for hydroxylation is 1. The summed E-state index contributed by atoms with van der Waals surface area (Å²) in [7, 11) is 0. The first-order chi connectivity index (χ1) is 10.2. The molecule has 0 unspecified atom stereocenters. The number of hydrogen-bond acceptors (Lipinski definition) is 3. The van der Waals surface area contributed by atoms with Gasteiger partial charge in [-0.3, -0.25) is 4.79 Å². The van der Waals surface area contributed by atoms with Gasteiger partial charge in [0.15, 0.2) is 0 Å². The van der Waals surface area contributed by atoms with Crippen LogP contribution >= 0.6 is 0 Å². The van der Waals surface area contributed by atoms with E-state index in [9.17, 15) is 10.1 Å². The van der Waals surface area contributed by atoms with Gasteiger partial charge in [-0.1, -0.05) is 12.1 Å². The largest absolute Gasteiger partial charge is 0.338 e. The molecule has 1 heterocycles. The molecule has 1 aromatic carbocycles. The molecule has 2 aromatic rings. The molecule has 0 atom stereocenters. The number of nitrogens with one attached hydrogen (secondary N) is 1. The molecule has 0 bridgehead atoms. The van der Waals surface area contributed by atoms with Crippen LogP contribution in [0.25, 0.3) is 11.0 Å². The third-order valence-corrected chi connectivity index (χ3v) is 4.16. The van der Waals surface area contributed by atoms with Gasteiger partial charge in [0.25, 0.3) is 0 Å². The number of carbonyl (C=O) groups excluding carboxylic acids is 1. The molecule has 0 radical (unpaired) electrons. The van der Waals surface area contributed by atoms with E-state index in [1.807, 2.05) is 28.8 Å². The number of aromatic nitrogens is 2. The Balaban J connectivity index is 1.62. The number of imidazole rings is 1. The quantitative estimate of drug-likeness (QED) is 0.936. The van der Waals surface area contributed by atoms with Crippen molar-refractivity contribution in [2.75, 3.05) is 0 Å². The second kappa shape index (κ2) is 5.57. The lowest BCUT2D eigenvalue weighted by molar-refractivity contribution is -0.122. The van der Waals surface area contributed by atoms with Crippen molar-refractivity contribution in [3.05, 3.63) is 30.6 Å². The first kappa shape index (κ1) is 13.6. The van der Waals surface area contributed by atoms with Gasteiger partial charge >= 0.3 is 0 Å². The van der Waals surface area contributed by atoms with Crippen LogP contribution in [0.5, 0.6) is 0 Å². The minimum Gasteiger partial charge on any atom is -0.338 e. The molecule has 1 aliphatic rings. The number of amides is 1. The second-order valence-electron chi connectivity index (χ2n) is 5.63. The monoisotopic (exact) mass is 282 g/mol. The maximum absolute atomic E-state index is 12.1. The van der Waals surface area contributed by atoms with Gasteiger partial charge < -0.3 is 9.88 Å². The molecule has 3 rings (SSSR count). The number of hydrogen-bond donors (Lipinski definition) is 1. The zero-order chi connectivity index (χ0) is 14.7. The maximum Gasteiger partial charge on any atom is 0.223 e. The van der Waals surface area contributed by atoms with E-state index >= 15 is 0 Å². The standard InChI is InChI=1S/C16H18N4O/c17-11-16(8-3-4-9-16)19-15(21)7-10-20-12-18-13-5-1-2-6-14(13)20/h1-2,5-6,12H,3-4,7-10H2,(H,19,21). The number of fused-ring (bicyclic) bond motifs is 1. The molecular formula is C16H18N4O. The van der Waals surface area contributed by atoms with E-state index in [1.165, 1.54) is 0 Å². The van der Waals surface area contributed by atoms with Crippen LogP contribution < -0.4 is 5.32 Å². The molecule has 1 amide bonds. The molecule has 1 N–H and O–H groups in total. The van der Waals surface area contributed by atoms with Crippen molar-refractivity contribution in [2.45, 2.75) is 44.2 Å². The smallest absolute Gasteiger partial charge is 0.223 e. The van der Waals surface area contributed by atoms with Crippen LogP contribution in [0.3, 0.4) is 0 Å². The number of rotatable bonds is 4. The summed E-state index contributed by atoms with van der Waals surface area (Å²) in [5.74, 6) is -0.0590. The number of nitrogens with zero attached hydrogens (tertiary/aromatic N) is 3. The summed E-state index contributed by atoms with van der Waals surface area (Å²) in [6.07, 6.45) is 5.68. The Bertz CT molecular complexity index is 692. The lowest BCUT2D eigenvalue weighted by atomic mass is 10.00. The zero-order valence-electron chi connectivity index (χ0n) is 11.9. The molecule has 5 heteroatoms. The number of para-hydroxylation sites is 2. The summed E-state index contributed by atoms with van der Waals surface area (Å²) in [6, 6.07) is 10.1. The van der Waals surface area contributed by atoms with Crippen LogP contribution in [0.2, 0.25) is 0 Å². The van der Waals surface area contributed by atoms with E-state index in [-0.39, 0.29) is 5.91 Å². The molecule has 0 spiro atoms. The van der Waals surface area contributed by atoms with Gasteiger partial charge in [-0.2, -0.15) is 5.26 Å². The van der Waals surface area contributed by atoms with Crippen molar-refractivity contribution in [3.63, 3.8) is 0 Å². The molecule has 21 heavy (non-hydrogen) atoms. The highest BCUT2D eigenvalue weighted by molar-refractivity contribution is 5.78. The van der Waals surface area contributed by atoms with E-state index in [2.05, 4.69) is 16.4 Å². The van der Waals surface area contributed by atoms with Crippen LogP contribution in [0.4, 0.5) is 0 Å². The Morgan fingerprint density at radius 3 is 2.90 bits per heavy atom. The van der Waals surface area contributed by atoms with Crippen molar-refractivity contribution in [1.82, 2.24) is 14.9 Å². The van der Waals surface area contributed by atoms with Crippen molar-refractivity contribution >= 4 is 16.9 Å². The predicted octanol–water partition coefficient (Wildman–Crippen LogP) is 2.38. The molecule has 108 valence electrons. The molecule has 1 aliphatic carbocycles. The van der Waals surface area contributed by atoms with E-state index in [1.54, 1.807) is 6.33 Å². The molecule has 1 fully saturated rings. The maximum atomic E-state index is 12.1. The third-order valence-electron chi connectivity index (χ3n) is 4.16. The van der Waals surface area contributed by atoms with Gasteiger partial charge in [0, 0.05) is 13.0 Å². The topological polar surface area (TPSA) is 70.7 Å². The van der Waals surface area contributed by atoms with Crippen molar-refractivity contribution < 1.29 is 4.79 Å². The van der Waals surface area contributed by atoms with Crippen molar-refractivity contribution in [2.24, 2.45) is 0 Å².